The molecule has 0 saturated carbocycles. The van der Waals surface area contributed by atoms with E-state index in [1.54, 1.807) is 0 Å². The van der Waals surface area contributed by atoms with E-state index < -0.39 is 0 Å². The Morgan fingerprint density at radius 3 is 2.44 bits per heavy atom. The highest BCUT2D eigenvalue weighted by Crippen LogP contribution is 1.98. The summed E-state index contributed by atoms with van der Waals surface area (Å²) in [5.74, 6) is 0.906. The first-order valence-electron chi connectivity index (χ1n) is 6.95. The molecule has 0 atom stereocenters. The van der Waals surface area contributed by atoms with Crippen molar-refractivity contribution in [3.05, 3.63) is 0 Å². The molecule has 0 rings (SSSR count). The molecular weight excluding hydrogens is 341 g/mol. The molecule has 0 amide bonds. The molecule has 2 N–H and O–H groups in total. The van der Waals surface area contributed by atoms with E-state index in [-0.39, 0.29) is 24.0 Å². The SMILES string of the molecule is CCCCCCN=C(NCC)NCCOCC.I. The number of nitrogens with zero attached hydrogens (tertiary/aromatic N) is 1. The fourth-order valence-electron chi connectivity index (χ4n) is 1.46. The van der Waals surface area contributed by atoms with Crippen LogP contribution in [0.15, 0.2) is 4.99 Å². The summed E-state index contributed by atoms with van der Waals surface area (Å²) in [4.78, 5) is 4.52. The molecule has 0 spiro atoms. The third kappa shape index (κ3) is 14.0. The number of rotatable bonds is 10. The molecule has 0 aromatic rings. The Hall–Kier alpha value is -0.0400. The van der Waals surface area contributed by atoms with Crippen molar-refractivity contribution < 1.29 is 4.74 Å². The highest BCUT2D eigenvalue weighted by Gasteiger charge is 1.95. The normalized spacial score (nSPS) is 10.9. The van der Waals surface area contributed by atoms with Crippen molar-refractivity contribution in [2.24, 2.45) is 4.99 Å². The lowest BCUT2D eigenvalue weighted by atomic mass is 10.2. The van der Waals surface area contributed by atoms with Crippen LogP contribution in [-0.4, -0.2) is 38.8 Å². The zero-order valence-corrected chi connectivity index (χ0v) is 14.5. The van der Waals surface area contributed by atoms with E-state index in [0.717, 1.165) is 38.8 Å². The first-order chi connectivity index (χ1) is 8.35. The summed E-state index contributed by atoms with van der Waals surface area (Å²) in [6.45, 7) is 10.4. The van der Waals surface area contributed by atoms with E-state index in [2.05, 4.69) is 29.5 Å². The smallest absolute Gasteiger partial charge is 0.191 e. The van der Waals surface area contributed by atoms with Gasteiger partial charge in [0.15, 0.2) is 5.96 Å². The number of hydrogen-bond donors (Lipinski definition) is 2. The van der Waals surface area contributed by atoms with Crippen molar-refractivity contribution in [3.8, 4) is 0 Å². The Morgan fingerprint density at radius 1 is 1.06 bits per heavy atom. The molecule has 4 nitrogen and oxygen atoms in total. The van der Waals surface area contributed by atoms with Crippen molar-refractivity contribution in [1.82, 2.24) is 10.6 Å². The highest BCUT2D eigenvalue weighted by atomic mass is 127. The van der Waals surface area contributed by atoms with Crippen molar-refractivity contribution >= 4 is 29.9 Å². The number of nitrogens with one attached hydrogen (secondary N) is 2. The fraction of sp³-hybridized carbons (Fsp3) is 0.923. The van der Waals surface area contributed by atoms with Gasteiger partial charge in [0.1, 0.15) is 0 Å². The largest absolute Gasteiger partial charge is 0.380 e. The minimum Gasteiger partial charge on any atom is -0.380 e. The second-order valence-electron chi connectivity index (χ2n) is 3.95. The Kier molecular flexibility index (Phi) is 19.1. The van der Waals surface area contributed by atoms with Crippen LogP contribution in [-0.2, 0) is 4.74 Å². The number of guanidine groups is 1. The summed E-state index contributed by atoms with van der Waals surface area (Å²) in [6.07, 6.45) is 5.04. The summed E-state index contributed by atoms with van der Waals surface area (Å²) >= 11 is 0. The van der Waals surface area contributed by atoms with Gasteiger partial charge in [-0.1, -0.05) is 26.2 Å². The number of ether oxygens (including phenoxy) is 1. The van der Waals surface area contributed by atoms with Gasteiger partial charge in [-0.2, -0.15) is 0 Å². The highest BCUT2D eigenvalue weighted by molar-refractivity contribution is 14.0. The maximum atomic E-state index is 5.27. The summed E-state index contributed by atoms with van der Waals surface area (Å²) < 4.78 is 5.27. The second-order valence-corrected chi connectivity index (χ2v) is 3.95. The number of hydrogen-bond acceptors (Lipinski definition) is 2. The van der Waals surface area contributed by atoms with Gasteiger partial charge in [0, 0.05) is 26.2 Å². The lowest BCUT2D eigenvalue weighted by molar-refractivity contribution is 0.152. The quantitative estimate of drug-likeness (QED) is 0.269. The van der Waals surface area contributed by atoms with Crippen LogP contribution in [0.3, 0.4) is 0 Å². The van der Waals surface area contributed by atoms with Gasteiger partial charge in [0.2, 0.25) is 0 Å². The lowest BCUT2D eigenvalue weighted by Crippen LogP contribution is -2.39. The minimum absolute atomic E-state index is 0. The minimum atomic E-state index is 0. The average molecular weight is 371 g/mol. The van der Waals surface area contributed by atoms with Gasteiger partial charge in [0.25, 0.3) is 0 Å². The van der Waals surface area contributed by atoms with Gasteiger partial charge < -0.3 is 15.4 Å². The molecule has 110 valence electrons. The van der Waals surface area contributed by atoms with Crippen molar-refractivity contribution in [2.75, 3.05) is 32.8 Å². The molecule has 0 saturated heterocycles. The van der Waals surface area contributed by atoms with Crippen LogP contribution in [0, 0.1) is 0 Å². The molecule has 0 aliphatic carbocycles. The Bertz CT molecular complexity index is 189. The lowest BCUT2D eigenvalue weighted by Gasteiger charge is -2.11. The number of unbranched alkanes of at least 4 members (excludes halogenated alkanes) is 3. The van der Waals surface area contributed by atoms with Crippen LogP contribution in [0.5, 0.6) is 0 Å². The molecule has 5 heteroatoms. The zero-order valence-electron chi connectivity index (χ0n) is 12.1. The number of aliphatic imine (C=N–C) groups is 1. The maximum absolute atomic E-state index is 5.27. The molecule has 0 unspecified atom stereocenters. The second kappa shape index (κ2) is 17.0. The van der Waals surface area contributed by atoms with Gasteiger partial charge in [-0.25, -0.2) is 0 Å². The molecule has 0 aromatic heterocycles. The predicted octanol–water partition coefficient (Wildman–Crippen LogP) is 2.78. The van der Waals surface area contributed by atoms with Crippen molar-refractivity contribution in [3.63, 3.8) is 0 Å². The monoisotopic (exact) mass is 371 g/mol. The summed E-state index contributed by atoms with van der Waals surface area (Å²) in [6, 6.07) is 0. The molecular formula is C13H30IN3O. The van der Waals surface area contributed by atoms with Crippen LogP contribution in [0.25, 0.3) is 0 Å². The molecule has 0 fully saturated rings. The van der Waals surface area contributed by atoms with E-state index in [4.69, 9.17) is 4.74 Å². The van der Waals surface area contributed by atoms with E-state index in [1.165, 1.54) is 25.7 Å². The first-order valence-corrected chi connectivity index (χ1v) is 6.95. The van der Waals surface area contributed by atoms with Gasteiger partial charge in [-0.05, 0) is 20.3 Å². The third-order valence-corrected chi connectivity index (χ3v) is 2.37. The topological polar surface area (TPSA) is 45.7 Å². The van der Waals surface area contributed by atoms with Crippen LogP contribution in [0.2, 0.25) is 0 Å². The molecule has 0 radical (unpaired) electrons. The van der Waals surface area contributed by atoms with E-state index >= 15 is 0 Å². The van der Waals surface area contributed by atoms with Crippen molar-refractivity contribution in [1.29, 1.82) is 0 Å². The first kappa shape index (κ1) is 20.3. The molecule has 0 aromatic carbocycles. The van der Waals surface area contributed by atoms with Gasteiger partial charge in [-0.15, -0.1) is 24.0 Å². The van der Waals surface area contributed by atoms with Crippen molar-refractivity contribution in [2.45, 2.75) is 46.5 Å². The van der Waals surface area contributed by atoms with Gasteiger partial charge >= 0.3 is 0 Å². The zero-order chi connectivity index (χ0) is 12.8. The third-order valence-electron chi connectivity index (χ3n) is 2.37. The molecule has 0 bridgehead atoms. The van der Waals surface area contributed by atoms with Crippen LogP contribution >= 0.6 is 24.0 Å². The summed E-state index contributed by atoms with van der Waals surface area (Å²) in [5.41, 5.74) is 0. The van der Waals surface area contributed by atoms with Gasteiger partial charge in [-0.3, -0.25) is 4.99 Å². The maximum Gasteiger partial charge on any atom is 0.191 e. The van der Waals surface area contributed by atoms with Gasteiger partial charge in [0.05, 0.1) is 6.61 Å². The van der Waals surface area contributed by atoms with E-state index in [9.17, 15) is 0 Å². The molecule has 18 heavy (non-hydrogen) atoms. The van der Waals surface area contributed by atoms with Crippen LogP contribution in [0.4, 0.5) is 0 Å². The fourth-order valence-corrected chi connectivity index (χ4v) is 1.46. The molecule has 0 aliphatic heterocycles. The van der Waals surface area contributed by atoms with E-state index in [1.807, 2.05) is 6.92 Å². The van der Waals surface area contributed by atoms with E-state index in [0.29, 0.717) is 0 Å². The molecule has 0 heterocycles. The van der Waals surface area contributed by atoms with Crippen LogP contribution < -0.4 is 10.6 Å². The Morgan fingerprint density at radius 2 is 1.83 bits per heavy atom. The van der Waals surface area contributed by atoms with Crippen LogP contribution in [0.1, 0.15) is 46.5 Å². The number of halogens is 1. The summed E-state index contributed by atoms with van der Waals surface area (Å²) in [5, 5.41) is 6.49. The Balaban J connectivity index is 0. The average Bonchev–Trinajstić information content (AvgIpc) is 2.34. The predicted molar refractivity (Wildman–Crippen MR) is 90.0 cm³/mol. The molecule has 0 aliphatic rings. The standard InChI is InChI=1S/C13H29N3O.HI/c1-4-7-8-9-10-15-13(14-5-2)16-11-12-17-6-3;/h4-12H2,1-3H3,(H2,14,15,16);1H. The Labute approximate surface area is 129 Å². The summed E-state index contributed by atoms with van der Waals surface area (Å²) in [7, 11) is 0.